The van der Waals surface area contributed by atoms with Crippen LogP contribution in [0.4, 0.5) is 11.4 Å². The minimum Gasteiger partial charge on any atom is -0.397 e. The molecule has 100 valence electrons. The van der Waals surface area contributed by atoms with Gasteiger partial charge < -0.3 is 16.0 Å². The maximum Gasteiger partial charge on any atom is 0.225 e. The van der Waals surface area contributed by atoms with Gasteiger partial charge in [-0.2, -0.15) is 0 Å². The molecule has 4 nitrogen and oxygen atoms in total. The van der Waals surface area contributed by atoms with Crippen LogP contribution in [0.25, 0.3) is 0 Å². The molecule has 1 aromatic carbocycles. The zero-order valence-corrected chi connectivity index (χ0v) is 11.4. The summed E-state index contributed by atoms with van der Waals surface area (Å²) in [7, 11) is 2.04. The number of nitrogens with one attached hydrogen (secondary N) is 1. The van der Waals surface area contributed by atoms with Crippen LogP contribution in [0.15, 0.2) is 24.3 Å². The molecular weight excluding hydrogens is 226 g/mol. The number of benzene rings is 1. The van der Waals surface area contributed by atoms with Crippen molar-refractivity contribution in [2.45, 2.75) is 32.7 Å². The molecule has 1 unspecified atom stereocenters. The molecule has 1 rings (SSSR count). The molecule has 0 aliphatic rings. The van der Waals surface area contributed by atoms with Crippen molar-refractivity contribution in [2.24, 2.45) is 0 Å². The van der Waals surface area contributed by atoms with Crippen molar-refractivity contribution in [1.82, 2.24) is 4.90 Å². The summed E-state index contributed by atoms with van der Waals surface area (Å²) in [6, 6.07) is 7.80. The van der Waals surface area contributed by atoms with Crippen molar-refractivity contribution in [1.29, 1.82) is 0 Å². The third-order valence-corrected chi connectivity index (χ3v) is 3.27. The van der Waals surface area contributed by atoms with Gasteiger partial charge in [-0.15, -0.1) is 0 Å². The number of nitrogen functional groups attached to an aromatic ring is 1. The number of amides is 1. The minimum absolute atomic E-state index is 0.00283. The van der Waals surface area contributed by atoms with Gasteiger partial charge in [0.05, 0.1) is 11.4 Å². The number of nitrogens with zero attached hydrogens (tertiary/aromatic N) is 1. The average Bonchev–Trinajstić information content (AvgIpc) is 2.37. The molecule has 0 aliphatic carbocycles. The predicted octanol–water partition coefficient (Wildman–Crippen LogP) is 2.33. The highest BCUT2D eigenvalue weighted by atomic mass is 16.1. The van der Waals surface area contributed by atoms with Gasteiger partial charge in [0.25, 0.3) is 0 Å². The summed E-state index contributed by atoms with van der Waals surface area (Å²) in [6.07, 6.45) is 1.57. The third kappa shape index (κ3) is 4.37. The molecule has 0 saturated heterocycles. The Morgan fingerprint density at radius 1 is 1.44 bits per heavy atom. The minimum atomic E-state index is 0.00283. The smallest absolute Gasteiger partial charge is 0.225 e. The van der Waals surface area contributed by atoms with Gasteiger partial charge in [0.1, 0.15) is 0 Å². The standard InChI is InChI=1S/C14H23N3O/c1-4-11(2)17(3)10-9-14(18)16-13-8-6-5-7-12(13)15/h5-8,11H,4,9-10,15H2,1-3H3,(H,16,18). The first-order chi connectivity index (χ1) is 8.54. The molecule has 0 saturated carbocycles. The lowest BCUT2D eigenvalue weighted by atomic mass is 10.2. The lowest BCUT2D eigenvalue weighted by Gasteiger charge is -2.23. The number of carbonyl (C=O) groups excluding carboxylic acids is 1. The van der Waals surface area contributed by atoms with Gasteiger partial charge in [-0.25, -0.2) is 0 Å². The van der Waals surface area contributed by atoms with Crippen LogP contribution in [0, 0.1) is 0 Å². The second-order valence-electron chi connectivity index (χ2n) is 4.62. The first kappa shape index (κ1) is 14.5. The zero-order chi connectivity index (χ0) is 13.5. The zero-order valence-electron chi connectivity index (χ0n) is 11.4. The fraction of sp³-hybridized carbons (Fsp3) is 0.500. The van der Waals surface area contributed by atoms with E-state index in [9.17, 15) is 4.79 Å². The lowest BCUT2D eigenvalue weighted by Crippen LogP contribution is -2.31. The van der Waals surface area contributed by atoms with E-state index < -0.39 is 0 Å². The van der Waals surface area contributed by atoms with Crippen molar-refractivity contribution in [3.63, 3.8) is 0 Å². The molecule has 0 aromatic heterocycles. The Kier molecular flexibility index (Phi) is 5.65. The van der Waals surface area contributed by atoms with Crippen LogP contribution in [-0.4, -0.2) is 30.4 Å². The summed E-state index contributed by atoms with van der Waals surface area (Å²) >= 11 is 0. The molecule has 0 bridgehead atoms. The molecule has 1 atom stereocenters. The van der Waals surface area contributed by atoms with Gasteiger partial charge in [0.2, 0.25) is 5.91 Å². The first-order valence-corrected chi connectivity index (χ1v) is 6.39. The largest absolute Gasteiger partial charge is 0.397 e. The van der Waals surface area contributed by atoms with Crippen LogP contribution in [0.1, 0.15) is 26.7 Å². The third-order valence-electron chi connectivity index (χ3n) is 3.27. The highest BCUT2D eigenvalue weighted by Crippen LogP contribution is 2.16. The van der Waals surface area contributed by atoms with Crippen molar-refractivity contribution in [2.75, 3.05) is 24.6 Å². The van der Waals surface area contributed by atoms with E-state index in [-0.39, 0.29) is 5.91 Å². The molecule has 18 heavy (non-hydrogen) atoms. The molecule has 0 aliphatic heterocycles. The van der Waals surface area contributed by atoms with Gasteiger partial charge in [0, 0.05) is 19.0 Å². The number of anilines is 2. The molecule has 1 aromatic rings. The van der Waals surface area contributed by atoms with Crippen LogP contribution < -0.4 is 11.1 Å². The molecule has 0 radical (unpaired) electrons. The topological polar surface area (TPSA) is 58.4 Å². The molecule has 0 heterocycles. The number of nitrogens with two attached hydrogens (primary N) is 1. The molecule has 3 N–H and O–H groups in total. The summed E-state index contributed by atoms with van der Waals surface area (Å²) in [6.45, 7) is 5.06. The second-order valence-corrected chi connectivity index (χ2v) is 4.62. The maximum atomic E-state index is 11.8. The monoisotopic (exact) mass is 249 g/mol. The van der Waals surface area contributed by atoms with Crippen molar-refractivity contribution < 1.29 is 4.79 Å². The van der Waals surface area contributed by atoms with Crippen molar-refractivity contribution in [3.8, 4) is 0 Å². The van der Waals surface area contributed by atoms with Crippen LogP contribution in [0.2, 0.25) is 0 Å². The van der Waals surface area contributed by atoms with Gasteiger partial charge in [-0.05, 0) is 32.5 Å². The molecule has 4 heteroatoms. The molecular formula is C14H23N3O. The van der Waals surface area contributed by atoms with E-state index in [0.29, 0.717) is 23.8 Å². The number of hydrogen-bond acceptors (Lipinski definition) is 3. The lowest BCUT2D eigenvalue weighted by molar-refractivity contribution is -0.116. The number of rotatable bonds is 6. The summed E-state index contributed by atoms with van der Waals surface area (Å²) < 4.78 is 0. The van der Waals surface area contributed by atoms with Gasteiger partial charge in [-0.3, -0.25) is 4.79 Å². The Morgan fingerprint density at radius 3 is 2.72 bits per heavy atom. The summed E-state index contributed by atoms with van der Waals surface area (Å²) in [4.78, 5) is 14.0. The van der Waals surface area contributed by atoms with E-state index in [1.807, 2.05) is 25.2 Å². The van der Waals surface area contributed by atoms with E-state index in [2.05, 4.69) is 24.1 Å². The Hall–Kier alpha value is -1.55. The summed E-state index contributed by atoms with van der Waals surface area (Å²) in [5.41, 5.74) is 7.06. The van der Waals surface area contributed by atoms with Gasteiger partial charge in [0.15, 0.2) is 0 Å². The number of carbonyl (C=O) groups is 1. The second kappa shape index (κ2) is 7.01. The fourth-order valence-electron chi connectivity index (χ4n) is 1.63. The Morgan fingerprint density at radius 2 is 2.11 bits per heavy atom. The van der Waals surface area contributed by atoms with Crippen molar-refractivity contribution >= 4 is 17.3 Å². The summed E-state index contributed by atoms with van der Waals surface area (Å²) in [5.74, 6) is 0.00283. The normalized spacial score (nSPS) is 12.4. The highest BCUT2D eigenvalue weighted by molar-refractivity contribution is 5.93. The van der Waals surface area contributed by atoms with Crippen LogP contribution in [0.5, 0.6) is 0 Å². The molecule has 1 amide bonds. The quantitative estimate of drug-likeness (QED) is 0.761. The van der Waals surface area contributed by atoms with Crippen LogP contribution in [0.3, 0.4) is 0 Å². The van der Waals surface area contributed by atoms with Crippen molar-refractivity contribution in [3.05, 3.63) is 24.3 Å². The summed E-state index contributed by atoms with van der Waals surface area (Å²) in [5, 5.41) is 2.83. The average molecular weight is 249 g/mol. The Labute approximate surface area is 109 Å². The predicted molar refractivity (Wildman–Crippen MR) is 76.5 cm³/mol. The fourth-order valence-corrected chi connectivity index (χ4v) is 1.63. The first-order valence-electron chi connectivity index (χ1n) is 6.39. The van der Waals surface area contributed by atoms with Gasteiger partial charge >= 0.3 is 0 Å². The number of hydrogen-bond donors (Lipinski definition) is 2. The van der Waals surface area contributed by atoms with E-state index in [1.54, 1.807) is 6.07 Å². The highest BCUT2D eigenvalue weighted by Gasteiger charge is 2.10. The van der Waals surface area contributed by atoms with Crippen LogP contribution in [-0.2, 0) is 4.79 Å². The Bertz CT molecular complexity index is 392. The van der Waals surface area contributed by atoms with E-state index >= 15 is 0 Å². The molecule has 0 spiro atoms. The maximum absolute atomic E-state index is 11.8. The van der Waals surface area contributed by atoms with Gasteiger partial charge in [-0.1, -0.05) is 19.1 Å². The molecule has 0 fully saturated rings. The Balaban J connectivity index is 2.41. The van der Waals surface area contributed by atoms with Crippen LogP contribution >= 0.6 is 0 Å². The van der Waals surface area contributed by atoms with E-state index in [4.69, 9.17) is 5.73 Å². The SMILES string of the molecule is CCC(C)N(C)CCC(=O)Nc1ccccc1N. The van der Waals surface area contributed by atoms with E-state index in [1.165, 1.54) is 0 Å². The van der Waals surface area contributed by atoms with E-state index in [0.717, 1.165) is 13.0 Å². The number of para-hydroxylation sites is 2.